The van der Waals surface area contributed by atoms with Gasteiger partial charge in [-0.2, -0.15) is 0 Å². The van der Waals surface area contributed by atoms with E-state index in [4.69, 9.17) is 0 Å². The van der Waals surface area contributed by atoms with Gasteiger partial charge in [0.05, 0.1) is 5.52 Å². The van der Waals surface area contributed by atoms with Crippen LogP contribution in [0.25, 0.3) is 10.9 Å². The Balaban J connectivity index is 1.77. The van der Waals surface area contributed by atoms with Gasteiger partial charge in [-0.3, -0.25) is 14.7 Å². The Morgan fingerprint density at radius 1 is 1.17 bits per heavy atom. The van der Waals surface area contributed by atoms with Crippen molar-refractivity contribution in [1.82, 2.24) is 14.9 Å². The summed E-state index contributed by atoms with van der Waals surface area (Å²) in [5, 5.41) is 1.15. The highest BCUT2D eigenvalue weighted by Crippen LogP contribution is 2.14. The van der Waals surface area contributed by atoms with Gasteiger partial charge >= 0.3 is 0 Å². The molecule has 0 atom stereocenters. The lowest BCUT2D eigenvalue weighted by Crippen LogP contribution is -2.22. The van der Waals surface area contributed by atoms with Crippen molar-refractivity contribution in [3.8, 4) is 0 Å². The molecular formula is C19H21N3O. The first-order chi connectivity index (χ1) is 11.0. The molecule has 0 aliphatic heterocycles. The summed E-state index contributed by atoms with van der Waals surface area (Å²) < 4.78 is 0. The molecule has 1 N–H and O–H groups in total. The fourth-order valence-corrected chi connectivity index (χ4v) is 2.81. The Bertz CT molecular complexity index is 899. The van der Waals surface area contributed by atoms with Crippen molar-refractivity contribution < 1.29 is 0 Å². The second kappa shape index (κ2) is 6.34. The standard InChI is InChI=1S/C19H21N3O/c1-13-9-20-18(14(2)19(13)23)12-22(3)11-15-8-16-6-4-5-7-17(16)21-10-15/h4-10H,11-12H2,1-3H3,(H,20,23). The molecule has 4 nitrogen and oxygen atoms in total. The molecule has 2 heterocycles. The molecule has 0 unspecified atom stereocenters. The number of rotatable bonds is 4. The highest BCUT2D eigenvalue weighted by atomic mass is 16.1. The summed E-state index contributed by atoms with van der Waals surface area (Å²) >= 11 is 0. The molecule has 0 saturated heterocycles. The van der Waals surface area contributed by atoms with E-state index in [0.717, 1.165) is 34.3 Å². The summed E-state index contributed by atoms with van der Waals surface area (Å²) in [4.78, 5) is 21.9. The fraction of sp³-hybridized carbons (Fsp3) is 0.263. The Morgan fingerprint density at radius 2 is 1.96 bits per heavy atom. The van der Waals surface area contributed by atoms with Crippen molar-refractivity contribution in [2.24, 2.45) is 0 Å². The highest BCUT2D eigenvalue weighted by Gasteiger charge is 2.09. The van der Waals surface area contributed by atoms with Crippen molar-refractivity contribution in [1.29, 1.82) is 0 Å². The molecule has 1 aromatic carbocycles. The number of para-hydroxylation sites is 1. The smallest absolute Gasteiger partial charge is 0.187 e. The van der Waals surface area contributed by atoms with Crippen molar-refractivity contribution in [3.63, 3.8) is 0 Å². The van der Waals surface area contributed by atoms with E-state index in [2.05, 4.69) is 27.0 Å². The van der Waals surface area contributed by atoms with E-state index in [1.165, 1.54) is 5.56 Å². The summed E-state index contributed by atoms with van der Waals surface area (Å²) in [5.74, 6) is 0. The topological polar surface area (TPSA) is 49.0 Å². The summed E-state index contributed by atoms with van der Waals surface area (Å²) in [6.07, 6.45) is 3.71. The predicted molar refractivity (Wildman–Crippen MR) is 93.5 cm³/mol. The number of hydrogen-bond donors (Lipinski definition) is 1. The molecular weight excluding hydrogens is 286 g/mol. The summed E-state index contributed by atoms with van der Waals surface area (Å²) in [7, 11) is 2.05. The maximum Gasteiger partial charge on any atom is 0.187 e. The molecule has 3 aromatic rings. The zero-order valence-electron chi connectivity index (χ0n) is 13.8. The Kier molecular flexibility index (Phi) is 4.26. The van der Waals surface area contributed by atoms with E-state index in [0.29, 0.717) is 6.54 Å². The van der Waals surface area contributed by atoms with Crippen LogP contribution in [0.1, 0.15) is 22.4 Å². The molecule has 4 heteroatoms. The van der Waals surface area contributed by atoms with E-state index >= 15 is 0 Å². The average Bonchev–Trinajstić information content (AvgIpc) is 2.55. The van der Waals surface area contributed by atoms with E-state index in [9.17, 15) is 4.79 Å². The number of pyridine rings is 2. The number of nitrogens with zero attached hydrogens (tertiary/aromatic N) is 2. The van der Waals surface area contributed by atoms with Crippen LogP contribution >= 0.6 is 0 Å². The minimum atomic E-state index is 0.125. The number of aromatic amines is 1. The van der Waals surface area contributed by atoms with Gasteiger partial charge in [0.25, 0.3) is 0 Å². The molecule has 23 heavy (non-hydrogen) atoms. The van der Waals surface area contributed by atoms with Crippen LogP contribution in [0.4, 0.5) is 0 Å². The van der Waals surface area contributed by atoms with Crippen molar-refractivity contribution in [2.75, 3.05) is 7.05 Å². The molecule has 2 aromatic heterocycles. The third kappa shape index (κ3) is 3.32. The van der Waals surface area contributed by atoms with Gasteiger partial charge in [0, 0.05) is 47.7 Å². The molecule has 0 spiro atoms. The second-order valence-corrected chi connectivity index (χ2v) is 6.11. The average molecular weight is 307 g/mol. The first-order valence-corrected chi connectivity index (χ1v) is 7.74. The van der Waals surface area contributed by atoms with Gasteiger partial charge in [0.2, 0.25) is 0 Å². The van der Waals surface area contributed by atoms with E-state index in [1.54, 1.807) is 6.20 Å². The summed E-state index contributed by atoms with van der Waals surface area (Å²) in [6, 6.07) is 10.3. The number of aromatic nitrogens is 2. The predicted octanol–water partition coefficient (Wildman–Crippen LogP) is 3.17. The SMILES string of the molecule is Cc1c[nH]c(CN(C)Cc2cnc3ccccc3c2)c(C)c1=O. The molecule has 0 radical (unpaired) electrons. The zero-order valence-corrected chi connectivity index (χ0v) is 13.8. The lowest BCUT2D eigenvalue weighted by Gasteiger charge is -2.18. The number of nitrogens with one attached hydrogen (secondary N) is 1. The Morgan fingerprint density at radius 3 is 2.78 bits per heavy atom. The number of benzene rings is 1. The van der Waals surface area contributed by atoms with Crippen LogP contribution in [0.3, 0.4) is 0 Å². The van der Waals surface area contributed by atoms with Gasteiger partial charge in [-0.1, -0.05) is 18.2 Å². The normalized spacial score (nSPS) is 11.3. The Labute approximate surface area is 135 Å². The monoisotopic (exact) mass is 307 g/mol. The maximum atomic E-state index is 12.0. The van der Waals surface area contributed by atoms with Crippen molar-refractivity contribution >= 4 is 10.9 Å². The fourth-order valence-electron chi connectivity index (χ4n) is 2.81. The van der Waals surface area contributed by atoms with E-state index < -0.39 is 0 Å². The lowest BCUT2D eigenvalue weighted by atomic mass is 10.1. The maximum absolute atomic E-state index is 12.0. The third-order valence-electron chi connectivity index (χ3n) is 4.14. The number of aryl methyl sites for hydroxylation is 1. The zero-order chi connectivity index (χ0) is 16.4. The lowest BCUT2D eigenvalue weighted by molar-refractivity contribution is 0.314. The number of hydrogen-bond acceptors (Lipinski definition) is 3. The molecule has 0 aliphatic rings. The molecule has 0 bridgehead atoms. The van der Waals surface area contributed by atoms with Crippen LogP contribution in [-0.4, -0.2) is 21.9 Å². The van der Waals surface area contributed by atoms with Crippen LogP contribution in [0.5, 0.6) is 0 Å². The first-order valence-electron chi connectivity index (χ1n) is 7.74. The van der Waals surface area contributed by atoms with Crippen molar-refractivity contribution in [3.05, 3.63) is 75.3 Å². The van der Waals surface area contributed by atoms with Crippen LogP contribution in [0, 0.1) is 13.8 Å². The van der Waals surface area contributed by atoms with E-state index in [-0.39, 0.29) is 5.43 Å². The van der Waals surface area contributed by atoms with E-state index in [1.807, 2.05) is 45.3 Å². The van der Waals surface area contributed by atoms with Crippen LogP contribution in [-0.2, 0) is 13.1 Å². The number of H-pyrrole nitrogens is 1. The van der Waals surface area contributed by atoms with Gasteiger partial charge in [-0.05, 0) is 38.6 Å². The van der Waals surface area contributed by atoms with Crippen LogP contribution < -0.4 is 5.43 Å². The van der Waals surface area contributed by atoms with Gasteiger partial charge in [0.15, 0.2) is 5.43 Å². The molecule has 0 amide bonds. The molecule has 118 valence electrons. The Hall–Kier alpha value is -2.46. The summed E-state index contributed by atoms with van der Waals surface area (Å²) in [6.45, 7) is 5.20. The number of fused-ring (bicyclic) bond motifs is 1. The minimum Gasteiger partial charge on any atom is -0.363 e. The molecule has 3 rings (SSSR count). The van der Waals surface area contributed by atoms with Gasteiger partial charge in [-0.25, -0.2) is 0 Å². The van der Waals surface area contributed by atoms with Crippen LogP contribution in [0.2, 0.25) is 0 Å². The van der Waals surface area contributed by atoms with Gasteiger partial charge in [-0.15, -0.1) is 0 Å². The van der Waals surface area contributed by atoms with Crippen LogP contribution in [0.15, 0.2) is 47.5 Å². The molecule has 0 fully saturated rings. The minimum absolute atomic E-state index is 0.125. The first kappa shape index (κ1) is 15.4. The largest absolute Gasteiger partial charge is 0.363 e. The third-order valence-corrected chi connectivity index (χ3v) is 4.14. The second-order valence-electron chi connectivity index (χ2n) is 6.11. The highest BCUT2D eigenvalue weighted by molar-refractivity contribution is 5.78. The molecule has 0 saturated carbocycles. The van der Waals surface area contributed by atoms with Gasteiger partial charge < -0.3 is 4.98 Å². The quantitative estimate of drug-likeness (QED) is 0.805. The summed E-state index contributed by atoms with van der Waals surface area (Å²) in [5.41, 5.74) is 4.83. The molecule has 0 aliphatic carbocycles. The van der Waals surface area contributed by atoms with Crippen molar-refractivity contribution in [2.45, 2.75) is 26.9 Å². The van der Waals surface area contributed by atoms with Gasteiger partial charge in [0.1, 0.15) is 0 Å².